The van der Waals surface area contributed by atoms with Crippen molar-refractivity contribution in [3.8, 4) is 0 Å². The van der Waals surface area contributed by atoms with Gasteiger partial charge in [0.05, 0.1) is 31.5 Å². The third-order valence-electron chi connectivity index (χ3n) is 9.50. The summed E-state index contributed by atoms with van der Waals surface area (Å²) in [5.74, 6) is -2.96. The van der Waals surface area contributed by atoms with Gasteiger partial charge >= 0.3 is 25.7 Å². The molecule has 0 aliphatic carbocycles. The first-order chi connectivity index (χ1) is 26.8. The first kappa shape index (κ1) is 51.8. The van der Waals surface area contributed by atoms with Gasteiger partial charge in [-0.2, -0.15) is 0 Å². The van der Waals surface area contributed by atoms with Gasteiger partial charge < -0.3 is 45.3 Å². The smallest absolute Gasteiger partial charge is 0.472 e. The molecule has 7 N–H and O–H groups in total. The number of aliphatic carboxylic acids is 1. The fourth-order valence-electron chi connectivity index (χ4n) is 6.10. The van der Waals surface area contributed by atoms with Crippen LogP contribution in [0.3, 0.4) is 0 Å². The van der Waals surface area contributed by atoms with Crippen LogP contribution >= 0.6 is 7.82 Å². The van der Waals surface area contributed by atoms with Gasteiger partial charge in [0, 0.05) is 25.2 Å². The molecule has 0 spiro atoms. The van der Waals surface area contributed by atoms with Gasteiger partial charge in [-0.1, -0.05) is 122 Å². The number of carboxylic acid groups (broad SMARTS) is 1. The largest absolute Gasteiger partial charge is 0.480 e. The van der Waals surface area contributed by atoms with E-state index in [-0.39, 0.29) is 25.2 Å². The van der Waals surface area contributed by atoms with Gasteiger partial charge in [0.15, 0.2) is 12.4 Å². The number of nitrogens with two attached hydrogens (primary N) is 1. The lowest BCUT2D eigenvalue weighted by atomic mass is 9.87. The summed E-state index contributed by atoms with van der Waals surface area (Å²) in [7, 11) is -4.79. The molecule has 1 aliphatic rings. The molecule has 1 saturated heterocycles. The van der Waals surface area contributed by atoms with E-state index in [0.29, 0.717) is 32.1 Å². The van der Waals surface area contributed by atoms with Crippen LogP contribution in [0.2, 0.25) is 0 Å². The number of allylic oxidation sites excluding steroid dienone is 2. The third kappa shape index (κ3) is 26.7. The number of aliphatic hydroxyl groups excluding tert-OH is 3. The zero-order valence-electron chi connectivity index (χ0n) is 33.8. The average molecular weight is 822 g/mol. The van der Waals surface area contributed by atoms with Crippen LogP contribution in [0.15, 0.2) is 24.3 Å². The molecule has 326 valence electrons. The summed E-state index contributed by atoms with van der Waals surface area (Å²) in [6.45, 7) is 2.39. The number of aliphatic hydroxyl groups is 3. The number of unbranched alkanes of at least 4 members (excludes halogenated alkanes) is 13. The minimum atomic E-state index is -4.79. The molecule has 8 atom stereocenters. The summed E-state index contributed by atoms with van der Waals surface area (Å²) in [5, 5.41) is 39.8. The van der Waals surface area contributed by atoms with Crippen molar-refractivity contribution in [3.05, 3.63) is 24.3 Å². The second-order valence-corrected chi connectivity index (χ2v) is 16.1. The fraction of sp³-hybridized carbons (Fsp3) is 0.825. The molecular weight excluding hydrogens is 749 g/mol. The fourth-order valence-corrected chi connectivity index (χ4v) is 6.88. The summed E-state index contributed by atoms with van der Waals surface area (Å²) >= 11 is 0. The molecule has 0 aromatic heterocycles. The Balaban J connectivity index is 2.59. The van der Waals surface area contributed by atoms with E-state index in [1.165, 1.54) is 44.9 Å². The van der Waals surface area contributed by atoms with E-state index in [2.05, 4.69) is 18.4 Å². The number of phosphoric acid groups is 1. The van der Waals surface area contributed by atoms with Crippen molar-refractivity contribution in [3.63, 3.8) is 0 Å². The molecule has 1 aliphatic heterocycles. The van der Waals surface area contributed by atoms with Crippen molar-refractivity contribution in [2.24, 2.45) is 11.7 Å². The molecule has 0 aromatic rings. The van der Waals surface area contributed by atoms with Gasteiger partial charge in [-0.05, 0) is 32.1 Å². The monoisotopic (exact) mass is 821 g/mol. The van der Waals surface area contributed by atoms with E-state index >= 15 is 0 Å². The van der Waals surface area contributed by atoms with Crippen molar-refractivity contribution in [2.75, 3.05) is 19.8 Å². The molecule has 0 aromatic carbocycles. The van der Waals surface area contributed by atoms with Gasteiger partial charge in [0.1, 0.15) is 12.6 Å². The number of carbonyl (C=O) groups is 3. The van der Waals surface area contributed by atoms with Gasteiger partial charge in [-0.15, -0.1) is 0 Å². The first-order valence-electron chi connectivity index (χ1n) is 20.8. The van der Waals surface area contributed by atoms with E-state index in [1.54, 1.807) is 12.2 Å². The van der Waals surface area contributed by atoms with Crippen molar-refractivity contribution in [1.82, 2.24) is 0 Å². The highest BCUT2D eigenvalue weighted by Crippen LogP contribution is 2.43. The number of phosphoric ester groups is 1. The summed E-state index contributed by atoms with van der Waals surface area (Å²) in [6.07, 6.45) is 20.2. The van der Waals surface area contributed by atoms with E-state index in [9.17, 15) is 39.2 Å². The van der Waals surface area contributed by atoms with E-state index in [1.807, 2.05) is 12.2 Å². The molecule has 2 unspecified atom stereocenters. The van der Waals surface area contributed by atoms with Crippen molar-refractivity contribution in [2.45, 2.75) is 185 Å². The van der Waals surface area contributed by atoms with Gasteiger partial charge in [-0.3, -0.25) is 23.4 Å². The summed E-state index contributed by atoms with van der Waals surface area (Å²) < 4.78 is 38.2. The molecule has 0 bridgehead atoms. The van der Waals surface area contributed by atoms with Gasteiger partial charge in [0.25, 0.3) is 0 Å². The van der Waals surface area contributed by atoms with Crippen molar-refractivity contribution < 1.29 is 67.5 Å². The van der Waals surface area contributed by atoms with Crippen LogP contribution in [0.25, 0.3) is 0 Å². The number of carbonyl (C=O) groups excluding carboxylic acids is 2. The Morgan fingerprint density at radius 3 is 2.05 bits per heavy atom. The van der Waals surface area contributed by atoms with Crippen molar-refractivity contribution in [1.29, 1.82) is 0 Å². The maximum Gasteiger partial charge on any atom is 0.472 e. The molecule has 56 heavy (non-hydrogen) atoms. The maximum absolute atomic E-state index is 12.7. The molecule has 16 heteroatoms. The molecule has 1 rings (SSSR count). The predicted octanol–water partition coefficient (Wildman–Crippen LogP) is 6.39. The van der Waals surface area contributed by atoms with Crippen LogP contribution in [-0.2, 0) is 42.2 Å². The minimum Gasteiger partial charge on any atom is -0.480 e. The van der Waals surface area contributed by atoms with Crippen LogP contribution in [0.4, 0.5) is 0 Å². The highest BCUT2D eigenvalue weighted by molar-refractivity contribution is 7.47. The lowest BCUT2D eigenvalue weighted by Crippen LogP contribution is -2.43. The minimum absolute atomic E-state index is 0.0308. The Morgan fingerprint density at radius 1 is 0.821 bits per heavy atom. The van der Waals surface area contributed by atoms with Gasteiger partial charge in [0.2, 0.25) is 0 Å². The molecule has 15 nitrogen and oxygen atoms in total. The zero-order chi connectivity index (χ0) is 41.6. The van der Waals surface area contributed by atoms with Crippen LogP contribution in [0.5, 0.6) is 0 Å². The van der Waals surface area contributed by atoms with E-state index < -0.39 is 82.3 Å². The topological polar surface area (TPSA) is 242 Å². The summed E-state index contributed by atoms with van der Waals surface area (Å²) in [4.78, 5) is 46.1. The highest BCUT2D eigenvalue weighted by atomic mass is 31.2. The quantitative estimate of drug-likeness (QED) is 0.0178. The number of rotatable bonds is 34. The molecular formula is C40H72NO14P. The maximum atomic E-state index is 12.7. The van der Waals surface area contributed by atoms with E-state index in [0.717, 1.165) is 38.5 Å². The highest BCUT2D eigenvalue weighted by Gasteiger charge is 2.35. The average Bonchev–Trinajstić information content (AvgIpc) is 3.15. The summed E-state index contributed by atoms with van der Waals surface area (Å²) in [5.41, 5.74) is 5.32. The Labute approximate surface area is 333 Å². The Kier molecular flexibility index (Phi) is 29.4. The standard InChI is InChI=1S/C40H72NO14P/c1-3-5-7-8-9-10-11-12-13-14-19-23-37(44)51-28-32(29-52-56(49,50)53-30-34(41)40(47)48)54-38(45)24-20-16-15-18-22-33-35(43)27-39(46)55-36(33)26-25-31(42)21-17-6-4-2/h15,18,25-26,31-36,39,42-43,46H,3-14,16-17,19-24,27-30,41H2,1-2H3,(H,47,48)(H,49,50)/b18-15-,26-25+/t31-,32+,33-,34-,35-,36+,39?/m0/s1. The number of carboxylic acids is 1. The second kappa shape index (κ2) is 31.7. The molecule has 0 amide bonds. The van der Waals surface area contributed by atoms with Gasteiger partial charge in [-0.25, -0.2) is 4.57 Å². The number of hydrogen-bond acceptors (Lipinski definition) is 13. The van der Waals surface area contributed by atoms with Crippen molar-refractivity contribution >= 4 is 25.7 Å². The SMILES string of the molecule is CCCCCCCCCCCCCC(=O)OC[C@H](COP(=O)(O)OC[C@H](N)C(=O)O)OC(=O)CCC/C=C\C[C@H]1[C@@H](O)CC(O)O[C@@H]1/C=C/[C@@H](O)CCCCC. The second-order valence-electron chi connectivity index (χ2n) is 14.7. The predicted molar refractivity (Wildman–Crippen MR) is 211 cm³/mol. The lowest BCUT2D eigenvalue weighted by molar-refractivity contribution is -0.199. The molecule has 1 fully saturated rings. The third-order valence-corrected chi connectivity index (χ3v) is 10.4. The Morgan fingerprint density at radius 2 is 1.41 bits per heavy atom. The molecule has 1 heterocycles. The molecule has 0 radical (unpaired) electrons. The van der Waals surface area contributed by atoms with Crippen LogP contribution < -0.4 is 5.73 Å². The zero-order valence-corrected chi connectivity index (χ0v) is 34.7. The molecule has 0 saturated carbocycles. The lowest BCUT2D eigenvalue weighted by Gasteiger charge is -2.36. The number of ether oxygens (including phenoxy) is 3. The van der Waals surface area contributed by atoms with Crippen LogP contribution in [0, 0.1) is 5.92 Å². The Hall–Kier alpha value is -2.20. The summed E-state index contributed by atoms with van der Waals surface area (Å²) in [6, 6.07) is -1.57. The first-order valence-corrected chi connectivity index (χ1v) is 22.3. The number of hydrogen-bond donors (Lipinski definition) is 6. The Bertz CT molecular complexity index is 1170. The van der Waals surface area contributed by atoms with Crippen LogP contribution in [0.1, 0.15) is 149 Å². The number of esters is 2. The van der Waals surface area contributed by atoms with E-state index in [4.69, 9.17) is 29.6 Å². The normalized spacial score (nSPS) is 21.5. The van der Waals surface area contributed by atoms with Crippen LogP contribution in [-0.4, -0.2) is 99.8 Å².